The van der Waals surface area contributed by atoms with Crippen molar-refractivity contribution in [1.82, 2.24) is 25.0 Å². The summed E-state index contributed by atoms with van der Waals surface area (Å²) < 4.78 is 14.4. The Hall–Kier alpha value is -3.23. The van der Waals surface area contributed by atoms with Gasteiger partial charge in [0.15, 0.2) is 11.4 Å². The molecule has 1 amide bonds. The normalized spacial score (nSPS) is 10.6. The van der Waals surface area contributed by atoms with Crippen LogP contribution in [-0.4, -0.2) is 36.0 Å². The number of nitrogens with one attached hydrogen (secondary N) is 2. The van der Waals surface area contributed by atoms with Crippen molar-refractivity contribution in [2.45, 2.75) is 6.92 Å². The zero-order chi connectivity index (χ0) is 15.7. The number of aromatic nitrogens is 5. The number of anilines is 1. The maximum Gasteiger partial charge on any atom is 0.282 e. The van der Waals surface area contributed by atoms with E-state index in [2.05, 4.69) is 25.6 Å². The van der Waals surface area contributed by atoms with E-state index in [-0.39, 0.29) is 23.2 Å². The predicted molar refractivity (Wildman–Crippen MR) is 74.3 cm³/mol. The zero-order valence-electron chi connectivity index (χ0n) is 11.4. The van der Waals surface area contributed by atoms with Crippen LogP contribution in [0.2, 0.25) is 0 Å². The van der Waals surface area contributed by atoms with E-state index >= 15 is 0 Å². The summed E-state index contributed by atoms with van der Waals surface area (Å²) in [6, 6.07) is 4.12. The molecule has 0 aliphatic carbocycles. The maximum absolute atomic E-state index is 13.1. The van der Waals surface area contributed by atoms with Gasteiger partial charge in [-0.1, -0.05) is 0 Å². The van der Waals surface area contributed by atoms with E-state index in [1.807, 2.05) is 0 Å². The van der Waals surface area contributed by atoms with Gasteiger partial charge >= 0.3 is 0 Å². The van der Waals surface area contributed by atoms with Crippen molar-refractivity contribution in [1.29, 1.82) is 0 Å². The summed E-state index contributed by atoms with van der Waals surface area (Å²) in [5.74, 6) is -1.19. The second-order valence-corrected chi connectivity index (χ2v) is 4.53. The average molecular weight is 302 g/mol. The van der Waals surface area contributed by atoms with Gasteiger partial charge in [-0.25, -0.2) is 14.2 Å². The highest BCUT2D eigenvalue weighted by molar-refractivity contribution is 6.03. The van der Waals surface area contributed by atoms with Gasteiger partial charge in [-0.2, -0.15) is 15.2 Å². The molecule has 2 aromatic heterocycles. The minimum Gasteiger partial charge on any atom is -0.504 e. The molecule has 0 aliphatic rings. The number of halogens is 1. The number of nitrogens with zero attached hydrogens (tertiary/aromatic N) is 4. The number of aryl methyl sites for hydroxylation is 1. The summed E-state index contributed by atoms with van der Waals surface area (Å²) in [5, 5.41) is 22.3. The predicted octanol–water partition coefficient (Wildman–Crippen LogP) is 1.40. The number of carbonyl (C=O) groups is 1. The van der Waals surface area contributed by atoms with E-state index in [0.717, 1.165) is 0 Å². The molecule has 3 N–H and O–H groups in total. The van der Waals surface area contributed by atoms with E-state index in [1.165, 1.54) is 35.4 Å². The van der Waals surface area contributed by atoms with Crippen LogP contribution >= 0.6 is 0 Å². The highest BCUT2D eigenvalue weighted by Gasteiger charge is 2.18. The van der Waals surface area contributed by atoms with Crippen LogP contribution in [0.3, 0.4) is 0 Å². The molecule has 0 unspecified atom stereocenters. The third kappa shape index (κ3) is 2.51. The van der Waals surface area contributed by atoms with Crippen molar-refractivity contribution < 1.29 is 14.3 Å². The molecule has 0 saturated heterocycles. The number of carbonyl (C=O) groups excluding carboxylic acids is 1. The Labute approximate surface area is 123 Å². The van der Waals surface area contributed by atoms with Gasteiger partial charge in [0.1, 0.15) is 12.1 Å². The summed E-state index contributed by atoms with van der Waals surface area (Å²) in [6.45, 7) is 1.70. The van der Waals surface area contributed by atoms with Crippen molar-refractivity contribution in [3.63, 3.8) is 0 Å². The molecule has 0 spiro atoms. The Morgan fingerprint density at radius 3 is 2.95 bits per heavy atom. The fourth-order valence-electron chi connectivity index (χ4n) is 1.96. The standard InChI is InChI=1S/C13H11FN6O2/c1-7-4-8(14)2-3-9(7)20-5-10(21)11(19-20)12(22)17-13-15-6-16-18-13/h2-6,21H,1H3,(H2,15,16,17,18,22). The van der Waals surface area contributed by atoms with Crippen LogP contribution in [-0.2, 0) is 0 Å². The van der Waals surface area contributed by atoms with Gasteiger partial charge in [-0.05, 0) is 30.7 Å². The lowest BCUT2D eigenvalue weighted by atomic mass is 10.2. The number of rotatable bonds is 3. The molecule has 22 heavy (non-hydrogen) atoms. The highest BCUT2D eigenvalue weighted by atomic mass is 19.1. The lowest BCUT2D eigenvalue weighted by Gasteiger charge is -2.05. The fraction of sp³-hybridized carbons (Fsp3) is 0.0769. The summed E-state index contributed by atoms with van der Waals surface area (Å²) in [5.41, 5.74) is 0.986. The van der Waals surface area contributed by atoms with Gasteiger partial charge in [0, 0.05) is 0 Å². The Bertz CT molecular complexity index is 827. The van der Waals surface area contributed by atoms with Crippen molar-refractivity contribution in [2.75, 3.05) is 5.32 Å². The Morgan fingerprint density at radius 1 is 1.45 bits per heavy atom. The Balaban J connectivity index is 1.92. The SMILES string of the molecule is Cc1cc(F)ccc1-n1cc(O)c(C(=O)Nc2ncn[nH]2)n1. The van der Waals surface area contributed by atoms with E-state index in [9.17, 15) is 14.3 Å². The first-order chi connectivity index (χ1) is 10.5. The first-order valence-electron chi connectivity index (χ1n) is 6.26. The molecule has 0 saturated carbocycles. The van der Waals surface area contributed by atoms with Crippen LogP contribution in [0.1, 0.15) is 16.1 Å². The number of amides is 1. The van der Waals surface area contributed by atoms with E-state index < -0.39 is 5.91 Å². The number of hydrogen-bond acceptors (Lipinski definition) is 5. The molecule has 9 heteroatoms. The molecule has 0 radical (unpaired) electrons. The third-order valence-electron chi connectivity index (χ3n) is 2.96. The van der Waals surface area contributed by atoms with Crippen LogP contribution in [0.5, 0.6) is 5.75 Å². The molecule has 0 atom stereocenters. The number of benzene rings is 1. The van der Waals surface area contributed by atoms with Gasteiger partial charge in [0.2, 0.25) is 5.95 Å². The second kappa shape index (κ2) is 5.28. The minimum atomic E-state index is -0.646. The first kappa shape index (κ1) is 13.7. The van der Waals surface area contributed by atoms with Gasteiger partial charge in [0.25, 0.3) is 5.91 Å². The monoisotopic (exact) mass is 302 g/mol. The topological polar surface area (TPSA) is 109 Å². The molecule has 112 valence electrons. The van der Waals surface area contributed by atoms with Crippen molar-refractivity contribution in [3.05, 3.63) is 47.8 Å². The number of H-pyrrole nitrogens is 1. The minimum absolute atomic E-state index is 0.136. The van der Waals surface area contributed by atoms with Crippen molar-refractivity contribution >= 4 is 11.9 Å². The molecular formula is C13H11FN6O2. The van der Waals surface area contributed by atoms with Crippen molar-refractivity contribution in [3.8, 4) is 11.4 Å². The molecule has 2 heterocycles. The molecule has 8 nitrogen and oxygen atoms in total. The first-order valence-corrected chi connectivity index (χ1v) is 6.26. The quantitative estimate of drug-likeness (QED) is 0.677. The van der Waals surface area contributed by atoms with Crippen LogP contribution in [0.25, 0.3) is 5.69 Å². The van der Waals surface area contributed by atoms with Crippen LogP contribution in [0, 0.1) is 12.7 Å². The molecule has 3 rings (SSSR count). The zero-order valence-corrected chi connectivity index (χ0v) is 11.4. The smallest absolute Gasteiger partial charge is 0.282 e. The maximum atomic E-state index is 13.1. The second-order valence-electron chi connectivity index (χ2n) is 4.53. The van der Waals surface area contributed by atoms with Gasteiger partial charge in [-0.3, -0.25) is 10.1 Å². The summed E-state index contributed by atoms with van der Waals surface area (Å²) in [6.07, 6.45) is 2.51. The molecule has 1 aromatic carbocycles. The lowest BCUT2D eigenvalue weighted by molar-refractivity contribution is 0.101. The van der Waals surface area contributed by atoms with Gasteiger partial charge < -0.3 is 5.11 Å². The Kier molecular flexibility index (Phi) is 3.30. The highest BCUT2D eigenvalue weighted by Crippen LogP contribution is 2.21. The molecule has 0 aliphatic heterocycles. The summed E-state index contributed by atoms with van der Waals surface area (Å²) >= 11 is 0. The fourth-order valence-corrected chi connectivity index (χ4v) is 1.96. The lowest BCUT2D eigenvalue weighted by Crippen LogP contribution is -2.14. The largest absolute Gasteiger partial charge is 0.504 e. The molecule has 3 aromatic rings. The van der Waals surface area contributed by atoms with E-state index in [0.29, 0.717) is 11.3 Å². The van der Waals surface area contributed by atoms with E-state index in [1.54, 1.807) is 6.92 Å². The summed E-state index contributed by atoms with van der Waals surface area (Å²) in [4.78, 5) is 15.8. The van der Waals surface area contributed by atoms with Crippen LogP contribution in [0.15, 0.2) is 30.7 Å². The number of aromatic amines is 1. The average Bonchev–Trinajstić information content (AvgIpc) is 3.08. The Morgan fingerprint density at radius 2 is 2.27 bits per heavy atom. The van der Waals surface area contributed by atoms with Crippen molar-refractivity contribution in [2.24, 2.45) is 0 Å². The van der Waals surface area contributed by atoms with E-state index in [4.69, 9.17) is 0 Å². The number of aromatic hydroxyl groups is 1. The summed E-state index contributed by atoms with van der Waals surface area (Å²) in [7, 11) is 0. The van der Waals surface area contributed by atoms with Crippen LogP contribution < -0.4 is 5.32 Å². The number of hydrogen-bond donors (Lipinski definition) is 3. The molecule has 0 bridgehead atoms. The third-order valence-corrected chi connectivity index (χ3v) is 2.96. The van der Waals surface area contributed by atoms with Gasteiger partial charge in [0.05, 0.1) is 11.9 Å². The molecule has 0 fully saturated rings. The molecular weight excluding hydrogens is 291 g/mol. The van der Waals surface area contributed by atoms with Crippen LogP contribution in [0.4, 0.5) is 10.3 Å². The van der Waals surface area contributed by atoms with Gasteiger partial charge in [-0.15, -0.1) is 0 Å².